The number of benzene rings is 1. The van der Waals surface area contributed by atoms with Crippen molar-refractivity contribution in [2.45, 2.75) is 13.3 Å². The monoisotopic (exact) mass is 166 g/mol. The molecule has 1 unspecified atom stereocenters. The summed E-state index contributed by atoms with van der Waals surface area (Å²) in [5.41, 5.74) is 0. The Labute approximate surface area is 70.4 Å². The highest BCUT2D eigenvalue weighted by Gasteiger charge is 2.00. The summed E-state index contributed by atoms with van der Waals surface area (Å²) < 4.78 is 0. The van der Waals surface area contributed by atoms with Gasteiger partial charge < -0.3 is 0 Å². The second-order valence-corrected chi connectivity index (χ2v) is 5.12. The highest BCUT2D eigenvalue weighted by Crippen LogP contribution is 2.29. The van der Waals surface area contributed by atoms with Crippen LogP contribution in [0.3, 0.4) is 0 Å². The van der Waals surface area contributed by atoms with Crippen LogP contribution in [0.1, 0.15) is 13.3 Å². The van der Waals surface area contributed by atoms with Gasteiger partial charge in [-0.3, -0.25) is 0 Å². The molecule has 0 heterocycles. The summed E-state index contributed by atoms with van der Waals surface area (Å²) in [7, 11) is 0.124. The first kappa shape index (κ1) is 8.74. The highest BCUT2D eigenvalue weighted by atomic mass is 31.1. The average molecular weight is 166 g/mol. The van der Waals surface area contributed by atoms with Crippen molar-refractivity contribution < 1.29 is 0 Å². The zero-order valence-electron chi connectivity index (χ0n) is 7.25. The summed E-state index contributed by atoms with van der Waals surface area (Å²) in [5.74, 6) is 0. The lowest BCUT2D eigenvalue weighted by Gasteiger charge is -2.09. The molecule has 0 saturated heterocycles. The van der Waals surface area contributed by atoms with Crippen LogP contribution in [0.25, 0.3) is 0 Å². The van der Waals surface area contributed by atoms with Crippen LogP contribution in [-0.4, -0.2) is 12.8 Å². The quantitative estimate of drug-likeness (QED) is 0.606. The van der Waals surface area contributed by atoms with Crippen molar-refractivity contribution in [1.82, 2.24) is 0 Å². The summed E-state index contributed by atoms with van der Waals surface area (Å²) in [6, 6.07) is 10.8. The van der Waals surface area contributed by atoms with Crippen LogP contribution in [0.5, 0.6) is 0 Å². The third kappa shape index (κ3) is 2.63. The third-order valence-electron chi connectivity index (χ3n) is 1.76. The van der Waals surface area contributed by atoms with Gasteiger partial charge in [0.15, 0.2) is 0 Å². The topological polar surface area (TPSA) is 0 Å². The molecule has 1 atom stereocenters. The van der Waals surface area contributed by atoms with Gasteiger partial charge in [-0.15, -0.1) is 0 Å². The molecule has 0 nitrogen and oxygen atoms in total. The minimum Gasteiger partial charge on any atom is -0.0785 e. The zero-order chi connectivity index (χ0) is 8.10. The van der Waals surface area contributed by atoms with Crippen molar-refractivity contribution in [1.29, 1.82) is 0 Å². The molecule has 0 aliphatic carbocycles. The Bertz CT molecular complexity index is 193. The van der Waals surface area contributed by atoms with Crippen molar-refractivity contribution in [3.63, 3.8) is 0 Å². The lowest BCUT2D eigenvalue weighted by atomic mass is 10.4. The van der Waals surface area contributed by atoms with Gasteiger partial charge in [0.05, 0.1) is 0 Å². The van der Waals surface area contributed by atoms with Gasteiger partial charge in [0.25, 0.3) is 0 Å². The van der Waals surface area contributed by atoms with E-state index in [1.54, 1.807) is 0 Å². The molecule has 0 aliphatic heterocycles. The van der Waals surface area contributed by atoms with E-state index >= 15 is 0 Å². The van der Waals surface area contributed by atoms with E-state index in [1.165, 1.54) is 17.9 Å². The van der Waals surface area contributed by atoms with Crippen molar-refractivity contribution >= 4 is 13.2 Å². The fourth-order valence-corrected chi connectivity index (χ4v) is 2.76. The molecule has 60 valence electrons. The SMILES string of the molecule is CCCP(C)c1ccccc1. The van der Waals surface area contributed by atoms with Gasteiger partial charge in [0.2, 0.25) is 0 Å². The molecule has 1 heteroatoms. The first-order valence-corrected chi connectivity index (χ1v) is 6.08. The molecule has 11 heavy (non-hydrogen) atoms. The third-order valence-corrected chi connectivity index (χ3v) is 4.05. The van der Waals surface area contributed by atoms with Crippen LogP contribution in [0.4, 0.5) is 0 Å². The van der Waals surface area contributed by atoms with Gasteiger partial charge >= 0.3 is 0 Å². The van der Waals surface area contributed by atoms with Gasteiger partial charge in [0, 0.05) is 0 Å². The minimum atomic E-state index is 0.124. The van der Waals surface area contributed by atoms with Crippen LogP contribution >= 0.6 is 7.92 Å². The standard InChI is InChI=1S/C10H15P/c1-3-9-11(2)10-7-5-4-6-8-10/h4-8H,3,9H2,1-2H3. The second-order valence-electron chi connectivity index (χ2n) is 2.76. The Kier molecular flexibility index (Phi) is 3.59. The molecule has 1 rings (SSSR count). The van der Waals surface area contributed by atoms with Crippen LogP contribution in [0.15, 0.2) is 30.3 Å². The van der Waals surface area contributed by atoms with E-state index in [0.717, 1.165) is 0 Å². The summed E-state index contributed by atoms with van der Waals surface area (Å²) in [4.78, 5) is 0. The van der Waals surface area contributed by atoms with Gasteiger partial charge in [-0.25, -0.2) is 0 Å². The average Bonchev–Trinajstić information content (AvgIpc) is 2.07. The number of hydrogen-bond acceptors (Lipinski definition) is 0. The Balaban J connectivity index is 2.61. The van der Waals surface area contributed by atoms with E-state index in [2.05, 4.69) is 43.9 Å². The van der Waals surface area contributed by atoms with E-state index in [-0.39, 0.29) is 7.92 Å². The van der Waals surface area contributed by atoms with Crippen molar-refractivity contribution in [3.8, 4) is 0 Å². The molecular weight excluding hydrogens is 151 g/mol. The van der Waals surface area contributed by atoms with Gasteiger partial charge in [-0.1, -0.05) is 51.6 Å². The van der Waals surface area contributed by atoms with Crippen LogP contribution < -0.4 is 5.30 Å². The molecule has 0 bridgehead atoms. The molecule has 1 aromatic rings. The smallest absolute Gasteiger partial charge is 0.0243 e. The Morgan fingerprint density at radius 1 is 1.18 bits per heavy atom. The Morgan fingerprint density at radius 3 is 2.36 bits per heavy atom. The normalized spacial score (nSPS) is 12.9. The highest BCUT2D eigenvalue weighted by molar-refractivity contribution is 7.64. The van der Waals surface area contributed by atoms with Crippen molar-refractivity contribution in [2.75, 3.05) is 12.8 Å². The van der Waals surface area contributed by atoms with E-state index in [1.807, 2.05) is 0 Å². The van der Waals surface area contributed by atoms with Gasteiger partial charge in [0.1, 0.15) is 0 Å². The lowest BCUT2D eigenvalue weighted by molar-refractivity contribution is 1.10. The molecule has 1 aromatic carbocycles. The largest absolute Gasteiger partial charge is 0.0785 e. The predicted molar refractivity (Wildman–Crippen MR) is 54.1 cm³/mol. The van der Waals surface area contributed by atoms with Gasteiger partial charge in [-0.2, -0.15) is 0 Å². The predicted octanol–water partition coefficient (Wildman–Crippen LogP) is 2.83. The molecule has 0 aromatic heterocycles. The van der Waals surface area contributed by atoms with Gasteiger partial charge in [-0.05, 0) is 18.1 Å². The fourth-order valence-electron chi connectivity index (χ4n) is 1.15. The van der Waals surface area contributed by atoms with E-state index < -0.39 is 0 Å². The second kappa shape index (κ2) is 4.51. The molecular formula is C10H15P. The maximum absolute atomic E-state index is 2.36. The Hall–Kier alpha value is -0.350. The molecule has 0 radical (unpaired) electrons. The summed E-state index contributed by atoms with van der Waals surface area (Å²) in [5, 5.41) is 1.53. The number of rotatable bonds is 3. The first-order chi connectivity index (χ1) is 5.34. The molecule has 0 saturated carbocycles. The zero-order valence-corrected chi connectivity index (χ0v) is 8.14. The number of hydrogen-bond donors (Lipinski definition) is 0. The Morgan fingerprint density at radius 2 is 1.82 bits per heavy atom. The molecule has 0 fully saturated rings. The summed E-state index contributed by atoms with van der Waals surface area (Å²) >= 11 is 0. The van der Waals surface area contributed by atoms with Crippen LogP contribution in [0.2, 0.25) is 0 Å². The van der Waals surface area contributed by atoms with E-state index in [4.69, 9.17) is 0 Å². The van der Waals surface area contributed by atoms with E-state index in [0.29, 0.717) is 0 Å². The minimum absolute atomic E-state index is 0.124. The molecule has 0 spiro atoms. The van der Waals surface area contributed by atoms with Crippen LogP contribution in [0, 0.1) is 0 Å². The summed E-state index contributed by atoms with van der Waals surface area (Å²) in [6.07, 6.45) is 2.66. The van der Waals surface area contributed by atoms with E-state index in [9.17, 15) is 0 Å². The van der Waals surface area contributed by atoms with Crippen molar-refractivity contribution in [2.24, 2.45) is 0 Å². The maximum Gasteiger partial charge on any atom is -0.0243 e. The van der Waals surface area contributed by atoms with Crippen molar-refractivity contribution in [3.05, 3.63) is 30.3 Å². The van der Waals surface area contributed by atoms with Crippen LogP contribution in [-0.2, 0) is 0 Å². The molecule has 0 N–H and O–H groups in total. The molecule has 0 amide bonds. The summed E-state index contributed by atoms with van der Waals surface area (Å²) in [6.45, 7) is 4.61. The lowest BCUT2D eigenvalue weighted by Crippen LogP contribution is -2.00. The maximum atomic E-state index is 2.36. The first-order valence-electron chi connectivity index (χ1n) is 4.10. The molecule has 0 aliphatic rings. The fraction of sp³-hybridized carbons (Fsp3) is 0.400.